The summed E-state index contributed by atoms with van der Waals surface area (Å²) in [6, 6.07) is 6.93. The number of rotatable bonds is 4. The number of carboxylic acids is 1. The molecule has 0 heterocycles. The van der Waals surface area contributed by atoms with Gasteiger partial charge in [-0.05, 0) is 44.3 Å². The molecule has 0 radical (unpaired) electrons. The smallest absolute Gasteiger partial charge is 0.328 e. The predicted molar refractivity (Wildman–Crippen MR) is 69.6 cm³/mol. The minimum Gasteiger partial charge on any atom is -0.544 e. The Morgan fingerprint density at radius 3 is 2.12 bits per heavy atom. The van der Waals surface area contributed by atoms with Crippen LogP contribution in [0.2, 0.25) is 19.6 Å². The van der Waals surface area contributed by atoms with Crippen LogP contribution in [-0.4, -0.2) is 19.4 Å². The van der Waals surface area contributed by atoms with E-state index in [1.165, 1.54) is 6.92 Å². The van der Waals surface area contributed by atoms with Gasteiger partial charge in [0.2, 0.25) is 8.32 Å². The zero-order chi connectivity index (χ0) is 13.3. The van der Waals surface area contributed by atoms with Crippen LogP contribution in [0.3, 0.4) is 0 Å². The van der Waals surface area contributed by atoms with E-state index in [1.54, 1.807) is 24.3 Å². The molecular weight excluding hydrogens is 234 g/mol. The zero-order valence-corrected chi connectivity index (χ0v) is 11.7. The van der Waals surface area contributed by atoms with Crippen LogP contribution in [0.4, 0.5) is 0 Å². The molecule has 0 aliphatic carbocycles. The minimum atomic E-state index is -1.63. The third-order valence-corrected chi connectivity index (χ3v) is 3.17. The molecule has 5 heteroatoms. The molecule has 0 aliphatic rings. The highest BCUT2D eigenvalue weighted by Gasteiger charge is 2.30. The molecule has 1 unspecified atom stereocenters. The number of hydrogen-bond donors (Lipinski definition) is 2. The lowest BCUT2D eigenvalue weighted by molar-refractivity contribution is -0.143. The monoisotopic (exact) mass is 253 g/mol. The summed E-state index contributed by atoms with van der Waals surface area (Å²) in [5.74, 6) is -0.287. The van der Waals surface area contributed by atoms with Crippen molar-refractivity contribution in [3.63, 3.8) is 0 Å². The van der Waals surface area contributed by atoms with E-state index in [-0.39, 0.29) is 0 Å². The highest BCUT2D eigenvalue weighted by Crippen LogP contribution is 2.22. The SMILES string of the molecule is CC(N)(C(=O)O)c1ccc(O[Si](C)(C)C)cc1. The van der Waals surface area contributed by atoms with Gasteiger partial charge in [-0.2, -0.15) is 0 Å². The Bertz CT molecular complexity index is 407. The maximum absolute atomic E-state index is 11.0. The largest absolute Gasteiger partial charge is 0.544 e. The van der Waals surface area contributed by atoms with Crippen LogP contribution in [0.25, 0.3) is 0 Å². The van der Waals surface area contributed by atoms with Crippen LogP contribution < -0.4 is 10.2 Å². The summed E-state index contributed by atoms with van der Waals surface area (Å²) in [6.07, 6.45) is 0. The Morgan fingerprint density at radius 2 is 1.76 bits per heavy atom. The van der Waals surface area contributed by atoms with Crippen LogP contribution in [-0.2, 0) is 10.3 Å². The Balaban J connectivity index is 2.93. The van der Waals surface area contributed by atoms with Crippen molar-refractivity contribution in [3.8, 4) is 5.75 Å². The average molecular weight is 253 g/mol. The van der Waals surface area contributed by atoms with Gasteiger partial charge in [0, 0.05) is 0 Å². The second-order valence-corrected chi connectivity index (χ2v) is 9.68. The topological polar surface area (TPSA) is 72.6 Å². The fraction of sp³-hybridized carbons (Fsp3) is 0.417. The molecule has 3 N–H and O–H groups in total. The number of hydrogen-bond acceptors (Lipinski definition) is 3. The molecule has 1 aromatic carbocycles. The summed E-state index contributed by atoms with van der Waals surface area (Å²) >= 11 is 0. The first-order valence-electron chi connectivity index (χ1n) is 5.45. The molecule has 1 atom stereocenters. The Labute approximate surface area is 103 Å². The second kappa shape index (κ2) is 4.50. The standard InChI is InChI=1S/C12H19NO3Si/c1-12(13,11(14)15)9-5-7-10(8-6-9)16-17(2,3)4/h5-8H,13H2,1-4H3,(H,14,15). The number of nitrogens with two attached hydrogens (primary N) is 1. The summed E-state index contributed by atoms with van der Waals surface area (Å²) < 4.78 is 5.78. The van der Waals surface area contributed by atoms with E-state index in [4.69, 9.17) is 15.3 Å². The normalized spacial score (nSPS) is 15.1. The molecule has 1 rings (SSSR count). The lowest BCUT2D eigenvalue weighted by Gasteiger charge is -2.22. The van der Waals surface area contributed by atoms with Crippen LogP contribution in [0.5, 0.6) is 5.75 Å². The minimum absolute atomic E-state index is 0.563. The van der Waals surface area contributed by atoms with Gasteiger partial charge in [0.15, 0.2) is 0 Å². The van der Waals surface area contributed by atoms with Gasteiger partial charge in [0.1, 0.15) is 11.3 Å². The van der Waals surface area contributed by atoms with Gasteiger partial charge in [-0.15, -0.1) is 0 Å². The number of carbonyl (C=O) groups is 1. The van der Waals surface area contributed by atoms with Crippen molar-refractivity contribution in [2.45, 2.75) is 32.1 Å². The summed E-state index contributed by atoms with van der Waals surface area (Å²) in [6.45, 7) is 7.74. The fourth-order valence-corrected chi connectivity index (χ4v) is 2.19. The van der Waals surface area contributed by atoms with Gasteiger partial charge >= 0.3 is 5.97 Å². The number of carboxylic acid groups (broad SMARTS) is 1. The van der Waals surface area contributed by atoms with Crippen LogP contribution in [0.15, 0.2) is 24.3 Å². The highest BCUT2D eigenvalue weighted by atomic mass is 28.4. The quantitative estimate of drug-likeness (QED) is 0.807. The third-order valence-electron chi connectivity index (χ3n) is 2.32. The Hall–Kier alpha value is -1.33. The predicted octanol–water partition coefficient (Wildman–Crippen LogP) is 2.16. The molecule has 1 aromatic rings. The van der Waals surface area contributed by atoms with Gasteiger partial charge in [0.25, 0.3) is 0 Å². The molecule has 94 valence electrons. The van der Waals surface area contributed by atoms with E-state index in [0.29, 0.717) is 5.56 Å². The van der Waals surface area contributed by atoms with Crippen LogP contribution in [0.1, 0.15) is 12.5 Å². The molecule has 0 saturated carbocycles. The molecule has 0 bridgehead atoms. The van der Waals surface area contributed by atoms with Crippen LogP contribution in [0, 0.1) is 0 Å². The van der Waals surface area contributed by atoms with Crippen molar-refractivity contribution in [2.75, 3.05) is 0 Å². The lowest BCUT2D eigenvalue weighted by atomic mass is 9.93. The maximum Gasteiger partial charge on any atom is 0.328 e. The van der Waals surface area contributed by atoms with Gasteiger partial charge in [0.05, 0.1) is 0 Å². The van der Waals surface area contributed by atoms with Gasteiger partial charge < -0.3 is 15.3 Å². The third kappa shape index (κ3) is 3.57. The number of aliphatic carboxylic acids is 1. The summed E-state index contributed by atoms with van der Waals surface area (Å²) in [5.41, 5.74) is 4.93. The van der Waals surface area contributed by atoms with Crippen molar-refractivity contribution >= 4 is 14.3 Å². The zero-order valence-electron chi connectivity index (χ0n) is 10.7. The van der Waals surface area contributed by atoms with E-state index >= 15 is 0 Å². The highest BCUT2D eigenvalue weighted by molar-refractivity contribution is 6.70. The molecule has 0 aliphatic heterocycles. The van der Waals surface area contributed by atoms with Crippen molar-refractivity contribution < 1.29 is 14.3 Å². The van der Waals surface area contributed by atoms with E-state index in [0.717, 1.165) is 5.75 Å². The van der Waals surface area contributed by atoms with E-state index in [2.05, 4.69) is 19.6 Å². The van der Waals surface area contributed by atoms with Crippen molar-refractivity contribution in [1.29, 1.82) is 0 Å². The molecule has 0 amide bonds. The second-order valence-electron chi connectivity index (χ2n) is 5.25. The maximum atomic E-state index is 11.0. The molecule has 0 spiro atoms. The summed E-state index contributed by atoms with van der Waals surface area (Å²) in [5, 5.41) is 9.00. The molecule has 0 aromatic heterocycles. The number of benzene rings is 1. The van der Waals surface area contributed by atoms with Crippen LogP contribution >= 0.6 is 0 Å². The first-order valence-corrected chi connectivity index (χ1v) is 8.85. The molecule has 0 saturated heterocycles. The summed E-state index contributed by atoms with van der Waals surface area (Å²) in [7, 11) is -1.63. The van der Waals surface area contributed by atoms with E-state index < -0.39 is 19.8 Å². The first-order chi connectivity index (χ1) is 7.63. The van der Waals surface area contributed by atoms with Crippen molar-refractivity contribution in [1.82, 2.24) is 0 Å². The summed E-state index contributed by atoms with van der Waals surface area (Å²) in [4.78, 5) is 11.0. The first kappa shape index (κ1) is 13.7. The molecule has 17 heavy (non-hydrogen) atoms. The molecule has 4 nitrogen and oxygen atoms in total. The molecular formula is C12H19NO3Si. The van der Waals surface area contributed by atoms with E-state index in [1.807, 2.05) is 0 Å². The van der Waals surface area contributed by atoms with E-state index in [9.17, 15) is 4.79 Å². The molecule has 0 fully saturated rings. The Kier molecular flexibility index (Phi) is 3.64. The Morgan fingerprint density at radius 1 is 1.29 bits per heavy atom. The lowest BCUT2D eigenvalue weighted by Crippen LogP contribution is -2.41. The average Bonchev–Trinajstić information content (AvgIpc) is 2.15. The van der Waals surface area contributed by atoms with Gasteiger partial charge in [-0.3, -0.25) is 0 Å². The van der Waals surface area contributed by atoms with Crippen molar-refractivity contribution in [2.24, 2.45) is 5.73 Å². The van der Waals surface area contributed by atoms with Gasteiger partial charge in [-0.25, -0.2) is 4.79 Å². The van der Waals surface area contributed by atoms with Crippen molar-refractivity contribution in [3.05, 3.63) is 29.8 Å². The fourth-order valence-electron chi connectivity index (χ4n) is 1.35. The van der Waals surface area contributed by atoms with Gasteiger partial charge in [-0.1, -0.05) is 12.1 Å².